The number of hydrogen-bond acceptors (Lipinski definition) is 4. The minimum atomic E-state index is -1.49. The van der Waals surface area contributed by atoms with Crippen molar-refractivity contribution < 1.29 is 19.8 Å². The summed E-state index contributed by atoms with van der Waals surface area (Å²) in [5.41, 5.74) is 5.22. The molecule has 1 saturated heterocycles. The van der Waals surface area contributed by atoms with Crippen LogP contribution in [-0.2, 0) is 16.1 Å². The molecule has 0 amide bonds. The summed E-state index contributed by atoms with van der Waals surface area (Å²) in [4.78, 5) is 24.0. The van der Waals surface area contributed by atoms with Gasteiger partial charge in [0.1, 0.15) is 11.6 Å². The lowest BCUT2D eigenvalue weighted by atomic mass is 9.98. The molecular weight excluding hydrogens is 248 g/mol. The van der Waals surface area contributed by atoms with Gasteiger partial charge in [-0.2, -0.15) is 0 Å². The summed E-state index contributed by atoms with van der Waals surface area (Å²) in [6, 6.07) is 8.46. The van der Waals surface area contributed by atoms with Crippen molar-refractivity contribution >= 4 is 11.9 Å². The number of likely N-dealkylation sites (tertiary alicyclic amines) is 1. The summed E-state index contributed by atoms with van der Waals surface area (Å²) in [5, 5.41) is 18.3. The first kappa shape index (κ1) is 13.5. The molecule has 0 aliphatic carbocycles. The fourth-order valence-electron chi connectivity index (χ4n) is 2.39. The van der Waals surface area contributed by atoms with Gasteiger partial charge in [-0.25, -0.2) is 0 Å². The number of carboxylic acids is 2. The van der Waals surface area contributed by atoms with Crippen LogP contribution in [-0.4, -0.2) is 45.2 Å². The summed E-state index contributed by atoms with van der Waals surface area (Å²) in [6.45, 7) is 0.415. The van der Waals surface area contributed by atoms with Crippen LogP contribution in [0.15, 0.2) is 30.3 Å². The van der Waals surface area contributed by atoms with E-state index < -0.39 is 23.5 Å². The van der Waals surface area contributed by atoms with Crippen molar-refractivity contribution in [1.82, 2.24) is 4.90 Å². The molecule has 6 heteroatoms. The molecule has 0 aromatic heterocycles. The van der Waals surface area contributed by atoms with Crippen LogP contribution in [0.1, 0.15) is 12.0 Å². The van der Waals surface area contributed by atoms with Gasteiger partial charge in [0.25, 0.3) is 0 Å². The number of benzene rings is 1. The molecule has 1 unspecified atom stereocenters. The third-order valence-electron chi connectivity index (χ3n) is 3.42. The largest absolute Gasteiger partial charge is 0.480 e. The second kappa shape index (κ2) is 4.99. The predicted octanol–water partition coefficient (Wildman–Crippen LogP) is 0.128. The number of nitrogens with two attached hydrogens (primary N) is 1. The van der Waals surface area contributed by atoms with Crippen LogP contribution in [0.5, 0.6) is 0 Å². The lowest BCUT2D eigenvalue weighted by molar-refractivity contribution is -0.142. The molecule has 4 N–H and O–H groups in total. The molecule has 1 aliphatic rings. The predicted molar refractivity (Wildman–Crippen MR) is 67.4 cm³/mol. The number of hydrogen-bond donors (Lipinski definition) is 3. The molecule has 1 fully saturated rings. The molecule has 2 atom stereocenters. The van der Waals surface area contributed by atoms with Crippen LogP contribution in [0.3, 0.4) is 0 Å². The van der Waals surface area contributed by atoms with E-state index in [1.807, 2.05) is 30.3 Å². The highest BCUT2D eigenvalue weighted by Gasteiger charge is 2.49. The smallest absolute Gasteiger partial charge is 0.325 e. The maximum absolute atomic E-state index is 11.2. The van der Waals surface area contributed by atoms with Crippen molar-refractivity contribution in [2.45, 2.75) is 24.5 Å². The normalized spacial score (nSPS) is 27.3. The van der Waals surface area contributed by atoms with Crippen molar-refractivity contribution in [2.75, 3.05) is 6.54 Å². The van der Waals surface area contributed by atoms with Crippen molar-refractivity contribution in [1.29, 1.82) is 0 Å². The van der Waals surface area contributed by atoms with Gasteiger partial charge < -0.3 is 15.9 Å². The van der Waals surface area contributed by atoms with Gasteiger partial charge in [-0.05, 0) is 5.56 Å². The van der Waals surface area contributed by atoms with Gasteiger partial charge in [0.2, 0.25) is 0 Å². The first-order valence-electron chi connectivity index (χ1n) is 5.95. The van der Waals surface area contributed by atoms with E-state index in [0.717, 1.165) is 5.56 Å². The Kier molecular flexibility index (Phi) is 3.55. The van der Waals surface area contributed by atoms with E-state index in [2.05, 4.69) is 0 Å². The van der Waals surface area contributed by atoms with E-state index in [1.165, 1.54) is 0 Å². The number of rotatable bonds is 4. The zero-order valence-electron chi connectivity index (χ0n) is 10.3. The molecule has 102 valence electrons. The van der Waals surface area contributed by atoms with Crippen LogP contribution < -0.4 is 5.73 Å². The molecule has 1 aromatic rings. The Bertz CT molecular complexity index is 491. The van der Waals surface area contributed by atoms with Gasteiger partial charge in [-0.3, -0.25) is 14.5 Å². The van der Waals surface area contributed by atoms with Crippen molar-refractivity contribution in [3.63, 3.8) is 0 Å². The maximum atomic E-state index is 11.2. The molecule has 0 spiro atoms. The van der Waals surface area contributed by atoms with E-state index in [1.54, 1.807) is 4.90 Å². The number of carbonyl (C=O) groups is 2. The quantitative estimate of drug-likeness (QED) is 0.714. The van der Waals surface area contributed by atoms with Crippen molar-refractivity contribution in [3.05, 3.63) is 35.9 Å². The minimum Gasteiger partial charge on any atom is -0.480 e. The van der Waals surface area contributed by atoms with Gasteiger partial charge in [0.15, 0.2) is 0 Å². The first-order chi connectivity index (χ1) is 8.92. The Morgan fingerprint density at radius 3 is 2.47 bits per heavy atom. The topological polar surface area (TPSA) is 104 Å². The van der Waals surface area contributed by atoms with E-state index in [0.29, 0.717) is 6.54 Å². The molecule has 19 heavy (non-hydrogen) atoms. The molecule has 2 rings (SSSR count). The molecule has 6 nitrogen and oxygen atoms in total. The van der Waals surface area contributed by atoms with Crippen molar-refractivity contribution in [2.24, 2.45) is 5.73 Å². The van der Waals surface area contributed by atoms with Gasteiger partial charge in [0, 0.05) is 19.5 Å². The lowest BCUT2D eigenvalue weighted by Crippen LogP contribution is -2.50. The molecule has 1 heterocycles. The standard InChI is InChI=1S/C13H16N2O4/c14-13(12(18)19)6-10(11(16)17)15(8-13)7-9-4-2-1-3-5-9/h1-5,10H,6-8,14H2,(H,16,17)(H,18,19)/t10?,13-/m1/s1. The van der Waals surface area contributed by atoms with Gasteiger partial charge in [-0.15, -0.1) is 0 Å². The highest BCUT2D eigenvalue weighted by molar-refractivity contribution is 5.83. The average molecular weight is 264 g/mol. The van der Waals surface area contributed by atoms with E-state index in [4.69, 9.17) is 10.8 Å². The fraction of sp³-hybridized carbons (Fsp3) is 0.385. The molecule has 1 aliphatic heterocycles. The second-order valence-electron chi connectivity index (χ2n) is 4.91. The van der Waals surface area contributed by atoms with Crippen LogP contribution in [0.4, 0.5) is 0 Å². The molecule has 0 radical (unpaired) electrons. The third kappa shape index (κ3) is 2.74. The number of aliphatic carboxylic acids is 2. The molecule has 0 saturated carbocycles. The van der Waals surface area contributed by atoms with Gasteiger partial charge >= 0.3 is 11.9 Å². The lowest BCUT2D eigenvalue weighted by Gasteiger charge is -2.21. The fourth-order valence-corrected chi connectivity index (χ4v) is 2.39. The Morgan fingerprint density at radius 2 is 1.95 bits per heavy atom. The maximum Gasteiger partial charge on any atom is 0.325 e. The zero-order valence-corrected chi connectivity index (χ0v) is 10.3. The minimum absolute atomic E-state index is 0.0359. The summed E-state index contributed by atoms with van der Waals surface area (Å²) < 4.78 is 0. The monoisotopic (exact) mass is 264 g/mol. The number of carboxylic acid groups (broad SMARTS) is 2. The number of nitrogens with zero attached hydrogens (tertiary/aromatic N) is 1. The third-order valence-corrected chi connectivity index (χ3v) is 3.42. The Hall–Kier alpha value is -1.92. The summed E-state index contributed by atoms with van der Waals surface area (Å²) >= 11 is 0. The van der Waals surface area contributed by atoms with Crippen LogP contribution in [0.2, 0.25) is 0 Å². The van der Waals surface area contributed by atoms with E-state index in [-0.39, 0.29) is 13.0 Å². The van der Waals surface area contributed by atoms with Crippen LogP contribution in [0, 0.1) is 0 Å². The second-order valence-corrected chi connectivity index (χ2v) is 4.91. The Labute approximate surface area is 110 Å². The van der Waals surface area contributed by atoms with Crippen molar-refractivity contribution in [3.8, 4) is 0 Å². The Balaban J connectivity index is 2.18. The van der Waals surface area contributed by atoms with Crippen LogP contribution in [0.25, 0.3) is 0 Å². The van der Waals surface area contributed by atoms with E-state index >= 15 is 0 Å². The molecule has 1 aromatic carbocycles. The summed E-state index contributed by atoms with van der Waals surface area (Å²) in [5.74, 6) is -2.20. The molecule has 0 bridgehead atoms. The summed E-state index contributed by atoms with van der Waals surface area (Å²) in [7, 11) is 0. The van der Waals surface area contributed by atoms with Gasteiger partial charge in [-0.1, -0.05) is 30.3 Å². The average Bonchev–Trinajstić information content (AvgIpc) is 2.69. The highest BCUT2D eigenvalue weighted by atomic mass is 16.4. The zero-order chi connectivity index (χ0) is 14.0. The Morgan fingerprint density at radius 1 is 1.32 bits per heavy atom. The highest BCUT2D eigenvalue weighted by Crippen LogP contribution is 2.27. The SMILES string of the molecule is N[C@]1(C(=O)O)CC(C(=O)O)N(Cc2ccccc2)C1. The van der Waals surface area contributed by atoms with Gasteiger partial charge in [0.05, 0.1) is 0 Å². The van der Waals surface area contributed by atoms with E-state index in [9.17, 15) is 14.7 Å². The van der Waals surface area contributed by atoms with Crippen LogP contribution >= 0.6 is 0 Å². The summed E-state index contributed by atoms with van der Waals surface area (Å²) in [6.07, 6.45) is -0.0789. The molecular formula is C13H16N2O4. The first-order valence-corrected chi connectivity index (χ1v) is 5.95.